The lowest BCUT2D eigenvalue weighted by Crippen LogP contribution is -2.56. The number of morpholine rings is 1. The lowest BCUT2D eigenvalue weighted by molar-refractivity contribution is -0.359. The number of ether oxygens (including phenoxy) is 3. The van der Waals surface area contributed by atoms with Gasteiger partial charge >= 0.3 is 17.9 Å². The van der Waals surface area contributed by atoms with Gasteiger partial charge in [0, 0.05) is 43.2 Å². The van der Waals surface area contributed by atoms with Crippen molar-refractivity contribution in [2.45, 2.75) is 18.8 Å². The number of allylic oxidation sites excluding steroid dienone is 1. The van der Waals surface area contributed by atoms with Crippen LogP contribution in [0.4, 0.5) is 0 Å². The number of carbonyl (C=O) groups excluding carboxylic acids is 2. The van der Waals surface area contributed by atoms with E-state index in [0.29, 0.717) is 13.2 Å². The third-order valence-corrected chi connectivity index (χ3v) is 5.76. The third-order valence-electron chi connectivity index (χ3n) is 5.76. The Bertz CT molecular complexity index is 1060. The highest BCUT2D eigenvalue weighted by Crippen LogP contribution is 2.36. The number of fused-ring (bicyclic) bond motifs is 1. The molecule has 7 heteroatoms. The van der Waals surface area contributed by atoms with Gasteiger partial charge in [0.05, 0.1) is 6.61 Å². The molecule has 1 aromatic heterocycles. The van der Waals surface area contributed by atoms with Crippen molar-refractivity contribution in [3.63, 3.8) is 0 Å². The lowest BCUT2D eigenvalue weighted by Gasteiger charge is -2.39. The van der Waals surface area contributed by atoms with Crippen molar-refractivity contribution in [1.29, 1.82) is 0 Å². The molecule has 3 heterocycles. The van der Waals surface area contributed by atoms with E-state index in [4.69, 9.17) is 14.2 Å². The van der Waals surface area contributed by atoms with Crippen LogP contribution in [0, 0.1) is 0 Å². The van der Waals surface area contributed by atoms with Crippen LogP contribution in [0.2, 0.25) is 0 Å². The van der Waals surface area contributed by atoms with Gasteiger partial charge in [-0.25, -0.2) is 9.59 Å². The maximum Gasteiger partial charge on any atom is 0.389 e. The van der Waals surface area contributed by atoms with Crippen molar-refractivity contribution in [3.8, 4) is 11.1 Å². The summed E-state index contributed by atoms with van der Waals surface area (Å²) >= 11 is 0. The van der Waals surface area contributed by atoms with Crippen molar-refractivity contribution in [1.82, 2.24) is 9.88 Å². The van der Waals surface area contributed by atoms with Crippen LogP contribution in [0.5, 0.6) is 0 Å². The normalized spacial score (nSPS) is 20.1. The molecule has 1 saturated heterocycles. The molecule has 1 aromatic carbocycles. The molecule has 5 rings (SSSR count). The number of aromatic nitrogens is 1. The molecule has 1 fully saturated rings. The van der Waals surface area contributed by atoms with Gasteiger partial charge in [-0.2, -0.15) is 0 Å². The van der Waals surface area contributed by atoms with Gasteiger partial charge < -0.3 is 14.2 Å². The number of esters is 2. The minimum Gasteiger partial charge on any atom is -0.394 e. The van der Waals surface area contributed by atoms with Crippen LogP contribution in [-0.4, -0.2) is 54.0 Å². The predicted octanol–water partition coefficient (Wildman–Crippen LogP) is 2.72. The summed E-state index contributed by atoms with van der Waals surface area (Å²) < 4.78 is 16.1. The van der Waals surface area contributed by atoms with Crippen LogP contribution in [0.25, 0.3) is 16.7 Å². The largest absolute Gasteiger partial charge is 0.394 e. The molecule has 0 bridgehead atoms. The summed E-state index contributed by atoms with van der Waals surface area (Å²) in [5.74, 6) is -2.98. The molecule has 0 atom stereocenters. The fourth-order valence-electron chi connectivity index (χ4n) is 4.33. The monoisotopic (exact) mass is 418 g/mol. The predicted molar refractivity (Wildman–Crippen MR) is 112 cm³/mol. The Morgan fingerprint density at radius 1 is 1.03 bits per heavy atom. The second-order valence-electron chi connectivity index (χ2n) is 7.74. The molecule has 31 heavy (non-hydrogen) atoms. The minimum absolute atomic E-state index is 0.183. The first-order valence-corrected chi connectivity index (χ1v) is 10.3. The summed E-state index contributed by atoms with van der Waals surface area (Å²) in [6.45, 7) is 1.89. The molecule has 0 unspecified atom stereocenters. The summed E-state index contributed by atoms with van der Waals surface area (Å²) in [7, 11) is 0. The average Bonchev–Trinajstić information content (AvgIpc) is 3.14. The van der Waals surface area contributed by atoms with E-state index >= 15 is 0 Å². The second kappa shape index (κ2) is 8.09. The van der Waals surface area contributed by atoms with E-state index in [1.165, 1.54) is 22.3 Å². The van der Waals surface area contributed by atoms with Crippen LogP contribution in [0.3, 0.4) is 0 Å². The topological polar surface area (TPSA) is 78.0 Å². The van der Waals surface area contributed by atoms with Crippen LogP contribution < -0.4 is 0 Å². The summed E-state index contributed by atoms with van der Waals surface area (Å²) in [5, 5.41) is 0. The van der Waals surface area contributed by atoms with E-state index < -0.39 is 17.9 Å². The number of carbonyl (C=O) groups is 2. The minimum atomic E-state index is -1.68. The van der Waals surface area contributed by atoms with Crippen LogP contribution in [0.1, 0.15) is 17.5 Å². The highest BCUT2D eigenvalue weighted by atomic mass is 16.9. The number of hydrogen-bond donors (Lipinski definition) is 0. The second-order valence-corrected chi connectivity index (χ2v) is 7.74. The fourth-order valence-corrected chi connectivity index (χ4v) is 4.33. The zero-order valence-electron chi connectivity index (χ0n) is 17.0. The molecule has 2 aromatic rings. The molecule has 7 nitrogen and oxygen atoms in total. The standard InChI is InChI=1S/C24H22N2O5/c27-22-8-9-23(28)31-24(30-22)16-26(13-14-29-24)12-10-17-6-7-21-19(17)4-1-5-20(21)18-3-2-11-25-15-18/h1-6,8-9,11,15H,7,10,12-14,16H2. The number of pyridine rings is 1. The smallest absolute Gasteiger partial charge is 0.389 e. The molecular weight excluding hydrogens is 396 g/mol. The van der Waals surface area contributed by atoms with Gasteiger partial charge in [0.25, 0.3) is 0 Å². The maximum atomic E-state index is 11.8. The van der Waals surface area contributed by atoms with Crippen molar-refractivity contribution in [2.75, 3.05) is 26.2 Å². The summed E-state index contributed by atoms with van der Waals surface area (Å²) in [6.07, 6.45) is 9.79. The average molecular weight is 418 g/mol. The highest BCUT2D eigenvalue weighted by Gasteiger charge is 2.45. The summed E-state index contributed by atoms with van der Waals surface area (Å²) in [5.41, 5.74) is 6.21. The Labute approximate surface area is 179 Å². The van der Waals surface area contributed by atoms with Gasteiger partial charge in [0.2, 0.25) is 0 Å². The third kappa shape index (κ3) is 4.02. The van der Waals surface area contributed by atoms with Crippen LogP contribution in [0.15, 0.2) is 61.0 Å². The molecule has 2 aliphatic heterocycles. The van der Waals surface area contributed by atoms with Crippen molar-refractivity contribution < 1.29 is 23.8 Å². The van der Waals surface area contributed by atoms with Gasteiger partial charge in [-0.15, -0.1) is 0 Å². The fraction of sp³-hybridized carbons (Fsp3) is 0.292. The lowest BCUT2D eigenvalue weighted by atomic mass is 9.95. The molecule has 3 aliphatic rings. The number of hydrogen-bond acceptors (Lipinski definition) is 7. The number of rotatable bonds is 4. The number of benzene rings is 1. The molecule has 0 radical (unpaired) electrons. The first-order valence-electron chi connectivity index (χ1n) is 10.3. The molecule has 1 aliphatic carbocycles. The maximum absolute atomic E-state index is 11.8. The molecule has 0 amide bonds. The highest BCUT2D eigenvalue weighted by molar-refractivity contribution is 5.93. The first-order chi connectivity index (χ1) is 15.1. The zero-order valence-corrected chi connectivity index (χ0v) is 17.0. The summed E-state index contributed by atoms with van der Waals surface area (Å²) in [4.78, 5) is 30.0. The molecule has 0 N–H and O–H groups in total. The van der Waals surface area contributed by atoms with E-state index in [1.807, 2.05) is 12.3 Å². The van der Waals surface area contributed by atoms with Gasteiger partial charge in [-0.1, -0.05) is 30.3 Å². The van der Waals surface area contributed by atoms with Crippen LogP contribution >= 0.6 is 0 Å². The molecular formula is C24H22N2O5. The Balaban J connectivity index is 1.28. The zero-order chi connectivity index (χ0) is 21.3. The van der Waals surface area contributed by atoms with E-state index in [-0.39, 0.29) is 6.54 Å². The van der Waals surface area contributed by atoms with Gasteiger partial charge in [0.1, 0.15) is 6.54 Å². The Morgan fingerprint density at radius 2 is 1.84 bits per heavy atom. The van der Waals surface area contributed by atoms with Crippen molar-refractivity contribution in [3.05, 3.63) is 72.1 Å². The van der Waals surface area contributed by atoms with Crippen LogP contribution in [-0.2, 0) is 30.2 Å². The van der Waals surface area contributed by atoms with Gasteiger partial charge in [0.15, 0.2) is 0 Å². The molecule has 0 saturated carbocycles. The Morgan fingerprint density at radius 3 is 2.61 bits per heavy atom. The first kappa shape index (κ1) is 19.7. The Hall–Kier alpha value is -3.29. The van der Waals surface area contributed by atoms with E-state index in [1.54, 1.807) is 6.20 Å². The molecule has 1 spiro atoms. The van der Waals surface area contributed by atoms with E-state index in [0.717, 1.165) is 37.1 Å². The van der Waals surface area contributed by atoms with Crippen molar-refractivity contribution >= 4 is 17.5 Å². The van der Waals surface area contributed by atoms with Gasteiger partial charge in [-0.3, -0.25) is 9.88 Å². The number of nitrogens with zero attached hydrogens (tertiary/aromatic N) is 2. The van der Waals surface area contributed by atoms with Gasteiger partial charge in [-0.05, 0) is 41.2 Å². The van der Waals surface area contributed by atoms with E-state index in [9.17, 15) is 9.59 Å². The quantitative estimate of drug-likeness (QED) is 0.707. The van der Waals surface area contributed by atoms with Crippen molar-refractivity contribution in [2.24, 2.45) is 0 Å². The summed E-state index contributed by atoms with van der Waals surface area (Å²) in [6, 6.07) is 10.4. The molecule has 158 valence electrons. The SMILES string of the molecule is O=C1C=CC(=O)OC2(CN(CCC3=CCc4c3cccc4-c3cccnc3)CCO2)O1. The van der Waals surface area contributed by atoms with E-state index in [2.05, 4.69) is 40.2 Å². The Kier molecular flexibility index (Phi) is 5.13.